The lowest BCUT2D eigenvalue weighted by atomic mass is 10.0. The number of hydrogen-bond acceptors (Lipinski definition) is 5. The van der Waals surface area contributed by atoms with Crippen LogP contribution in [0.5, 0.6) is 0 Å². The second kappa shape index (κ2) is 6.25. The van der Waals surface area contributed by atoms with E-state index < -0.39 is 20.8 Å². The molecule has 0 saturated heterocycles. The zero-order valence-corrected chi connectivity index (χ0v) is 15.4. The maximum Gasteiger partial charge on any atom is 0.275 e. The first-order valence-corrected chi connectivity index (χ1v) is 10.6. The third-order valence-corrected chi connectivity index (χ3v) is 8.21. The van der Waals surface area contributed by atoms with Gasteiger partial charge < -0.3 is 0 Å². The molecule has 1 saturated carbocycles. The van der Waals surface area contributed by atoms with Crippen LogP contribution in [0, 0.1) is 5.92 Å². The molecule has 1 aromatic heterocycles. The summed E-state index contributed by atoms with van der Waals surface area (Å²) in [5.74, 6) is -1.58. The normalized spacial score (nSPS) is 20.3. The Kier molecular flexibility index (Phi) is 4.16. The Bertz CT molecular complexity index is 1050. The molecule has 26 heavy (non-hydrogen) atoms. The highest BCUT2D eigenvalue weighted by atomic mass is 32.2. The molecule has 0 aliphatic heterocycles. The van der Waals surface area contributed by atoms with Gasteiger partial charge in [-0.3, -0.25) is 4.79 Å². The second-order valence-corrected chi connectivity index (χ2v) is 9.46. The number of hydrogen-bond donors (Lipinski definition) is 0. The topological polar surface area (TPSA) is 64.1 Å². The Morgan fingerprint density at radius 1 is 1.08 bits per heavy atom. The lowest BCUT2D eigenvalue weighted by Gasteiger charge is -2.28. The van der Waals surface area contributed by atoms with Gasteiger partial charge in [0.05, 0.1) is 21.0 Å². The summed E-state index contributed by atoms with van der Waals surface area (Å²) >= 11 is 0.997. The standard InChI is InChI=1S/C19H16FNO3S2/c20-19(14-9-6-11-16(14)22,26(23,24)13-7-2-1-3-8-13)18-21-15-10-4-5-12-17(15)25-18/h1-5,7-8,10,12,14H,6,9,11H2. The summed E-state index contributed by atoms with van der Waals surface area (Å²) in [6.45, 7) is 0. The van der Waals surface area contributed by atoms with Gasteiger partial charge in [0.1, 0.15) is 10.8 Å². The first-order valence-electron chi connectivity index (χ1n) is 8.32. The van der Waals surface area contributed by atoms with E-state index in [1.165, 1.54) is 12.1 Å². The van der Waals surface area contributed by atoms with Crippen molar-refractivity contribution in [3.8, 4) is 0 Å². The highest BCUT2D eigenvalue weighted by molar-refractivity contribution is 7.92. The van der Waals surface area contributed by atoms with Gasteiger partial charge in [0, 0.05) is 6.42 Å². The lowest BCUT2D eigenvalue weighted by molar-refractivity contribution is -0.123. The molecule has 0 spiro atoms. The minimum Gasteiger partial charge on any atom is -0.299 e. The molecule has 1 aliphatic carbocycles. The number of sulfone groups is 1. The summed E-state index contributed by atoms with van der Waals surface area (Å²) in [5, 5.41) is -3.02. The van der Waals surface area contributed by atoms with E-state index in [1.807, 2.05) is 0 Å². The number of Topliss-reactive ketones (excluding diaryl/α,β-unsaturated/α-hetero) is 1. The summed E-state index contributed by atoms with van der Waals surface area (Å²) in [5.41, 5.74) is 0.531. The van der Waals surface area contributed by atoms with Gasteiger partial charge in [0.2, 0.25) is 9.84 Å². The Balaban J connectivity index is 1.97. The molecule has 0 bridgehead atoms. The van der Waals surface area contributed by atoms with Crippen molar-refractivity contribution in [3.63, 3.8) is 0 Å². The van der Waals surface area contributed by atoms with Gasteiger partial charge in [0.25, 0.3) is 5.00 Å². The molecule has 3 aromatic rings. The second-order valence-electron chi connectivity index (χ2n) is 6.36. The maximum absolute atomic E-state index is 16.5. The smallest absolute Gasteiger partial charge is 0.275 e. The monoisotopic (exact) mass is 389 g/mol. The third-order valence-electron chi connectivity index (χ3n) is 4.78. The van der Waals surface area contributed by atoms with Crippen molar-refractivity contribution in [2.75, 3.05) is 0 Å². The molecule has 2 unspecified atom stereocenters. The summed E-state index contributed by atoms with van der Waals surface area (Å²) < 4.78 is 43.8. The van der Waals surface area contributed by atoms with E-state index in [2.05, 4.69) is 4.98 Å². The Labute approximate surface area is 154 Å². The number of benzene rings is 2. The predicted octanol–water partition coefficient (Wildman–Crippen LogP) is 4.26. The summed E-state index contributed by atoms with van der Waals surface area (Å²) in [6, 6.07) is 14.5. The van der Waals surface area contributed by atoms with Crippen molar-refractivity contribution in [2.45, 2.75) is 29.2 Å². The number of carbonyl (C=O) groups is 1. The van der Waals surface area contributed by atoms with Crippen molar-refractivity contribution in [3.05, 3.63) is 59.6 Å². The highest BCUT2D eigenvalue weighted by Gasteiger charge is 2.58. The van der Waals surface area contributed by atoms with Crippen LogP contribution in [-0.2, 0) is 19.6 Å². The van der Waals surface area contributed by atoms with Gasteiger partial charge in [-0.15, -0.1) is 11.3 Å². The maximum atomic E-state index is 16.5. The minimum atomic E-state index is -4.46. The number of halogens is 1. The first kappa shape index (κ1) is 17.3. The van der Waals surface area contributed by atoms with Gasteiger partial charge in [-0.1, -0.05) is 30.3 Å². The highest BCUT2D eigenvalue weighted by Crippen LogP contribution is 2.50. The van der Waals surface area contributed by atoms with Crippen LogP contribution in [0.4, 0.5) is 4.39 Å². The average molecular weight is 389 g/mol. The zero-order chi connectivity index (χ0) is 18.4. The fourth-order valence-electron chi connectivity index (χ4n) is 3.45. The molecular formula is C19H16FNO3S2. The predicted molar refractivity (Wildman–Crippen MR) is 98.4 cm³/mol. The molecule has 7 heteroatoms. The van der Waals surface area contributed by atoms with Gasteiger partial charge in [-0.25, -0.2) is 17.8 Å². The van der Waals surface area contributed by atoms with Crippen molar-refractivity contribution < 1.29 is 17.6 Å². The van der Waals surface area contributed by atoms with Gasteiger partial charge >= 0.3 is 0 Å². The van der Waals surface area contributed by atoms with E-state index in [-0.39, 0.29) is 28.5 Å². The summed E-state index contributed by atoms with van der Waals surface area (Å²) in [7, 11) is -4.46. The van der Waals surface area contributed by atoms with Crippen LogP contribution in [0.15, 0.2) is 59.5 Å². The molecule has 1 heterocycles. The van der Waals surface area contributed by atoms with Gasteiger partial charge in [-0.2, -0.15) is 0 Å². The molecule has 0 radical (unpaired) electrons. The zero-order valence-electron chi connectivity index (χ0n) is 13.8. The fourth-order valence-corrected chi connectivity index (χ4v) is 6.66. The first-order chi connectivity index (χ1) is 12.4. The molecular weight excluding hydrogens is 373 g/mol. The van der Waals surface area contributed by atoms with E-state index in [0.717, 1.165) is 11.3 Å². The van der Waals surface area contributed by atoms with Crippen molar-refractivity contribution >= 4 is 37.2 Å². The number of alkyl halides is 1. The largest absolute Gasteiger partial charge is 0.299 e. The number of para-hydroxylation sites is 1. The average Bonchev–Trinajstić information content (AvgIpc) is 3.28. The van der Waals surface area contributed by atoms with E-state index in [4.69, 9.17) is 0 Å². The van der Waals surface area contributed by atoms with Gasteiger partial charge in [-0.05, 0) is 37.1 Å². The quantitative estimate of drug-likeness (QED) is 0.669. The van der Waals surface area contributed by atoms with E-state index in [9.17, 15) is 13.2 Å². The van der Waals surface area contributed by atoms with E-state index in [0.29, 0.717) is 16.6 Å². The SMILES string of the molecule is O=C1CCCC1C(F)(c1nc2ccccc2s1)S(=O)(=O)c1ccccc1. The third kappa shape index (κ3) is 2.49. The number of ketones is 1. The number of fused-ring (bicyclic) bond motifs is 1. The van der Waals surface area contributed by atoms with Crippen LogP contribution in [-0.4, -0.2) is 19.2 Å². The number of aromatic nitrogens is 1. The van der Waals surface area contributed by atoms with Crippen LogP contribution in [0.2, 0.25) is 0 Å². The molecule has 134 valence electrons. The fraction of sp³-hybridized carbons (Fsp3) is 0.263. The number of nitrogens with zero attached hydrogens (tertiary/aromatic N) is 1. The molecule has 2 atom stereocenters. The van der Waals surface area contributed by atoms with Crippen LogP contribution in [0.3, 0.4) is 0 Å². The molecule has 0 N–H and O–H groups in total. The molecule has 1 fully saturated rings. The number of carbonyl (C=O) groups excluding carboxylic acids is 1. The molecule has 0 amide bonds. The van der Waals surface area contributed by atoms with E-state index in [1.54, 1.807) is 42.5 Å². The molecule has 4 nitrogen and oxygen atoms in total. The summed E-state index contributed by atoms with van der Waals surface area (Å²) in [4.78, 5) is 16.5. The number of thiazole rings is 1. The Morgan fingerprint density at radius 3 is 2.42 bits per heavy atom. The van der Waals surface area contributed by atoms with Crippen LogP contribution < -0.4 is 0 Å². The Morgan fingerprint density at radius 2 is 1.77 bits per heavy atom. The van der Waals surface area contributed by atoms with Crippen LogP contribution in [0.25, 0.3) is 10.2 Å². The minimum absolute atomic E-state index is 0.138. The molecule has 4 rings (SSSR count). The van der Waals surface area contributed by atoms with Crippen molar-refractivity contribution in [2.24, 2.45) is 5.92 Å². The number of rotatable bonds is 4. The lowest BCUT2D eigenvalue weighted by Crippen LogP contribution is -2.41. The van der Waals surface area contributed by atoms with Gasteiger partial charge in [0.15, 0.2) is 0 Å². The van der Waals surface area contributed by atoms with Crippen molar-refractivity contribution in [1.29, 1.82) is 0 Å². The van der Waals surface area contributed by atoms with Crippen LogP contribution >= 0.6 is 11.3 Å². The van der Waals surface area contributed by atoms with E-state index >= 15 is 4.39 Å². The molecule has 2 aromatic carbocycles. The molecule has 1 aliphatic rings. The Hall–Kier alpha value is -2.12. The van der Waals surface area contributed by atoms with Crippen LogP contribution in [0.1, 0.15) is 24.3 Å². The van der Waals surface area contributed by atoms with Crippen molar-refractivity contribution in [1.82, 2.24) is 4.98 Å². The summed E-state index contributed by atoms with van der Waals surface area (Å²) in [6.07, 6.45) is 0.896.